The van der Waals surface area contributed by atoms with E-state index in [0.29, 0.717) is 0 Å². The third kappa shape index (κ3) is 7.06. The van der Waals surface area contributed by atoms with Gasteiger partial charge in [0.1, 0.15) is 0 Å². The van der Waals surface area contributed by atoms with Crippen molar-refractivity contribution in [3.8, 4) is 33.4 Å². The van der Waals surface area contributed by atoms with Crippen molar-refractivity contribution in [1.82, 2.24) is 0 Å². The van der Waals surface area contributed by atoms with Crippen LogP contribution in [0.25, 0.3) is 50.1 Å². The van der Waals surface area contributed by atoms with E-state index in [1.165, 1.54) is 6.21 Å². The summed E-state index contributed by atoms with van der Waals surface area (Å²) in [6.45, 7) is 12.4. The average Bonchev–Trinajstić information content (AvgIpc) is 3.02. The van der Waals surface area contributed by atoms with Crippen LogP contribution in [0.4, 0.5) is 0 Å². The Kier molecular flexibility index (Phi) is 9.64. The van der Waals surface area contributed by atoms with Gasteiger partial charge in [-0.15, -0.1) is 0 Å². The molecule has 202 valence electrons. The SMILES string of the molecule is C=C(/C=C\C)c1cccc(-c2cc(-c3cccc(C(=C)/C=C\C=N)c3)cc(-c3cccc(C(/C=C\C)=C/N)c3)c2)c1. The molecule has 0 bridgehead atoms. The summed E-state index contributed by atoms with van der Waals surface area (Å²) in [6.07, 6.45) is 14.5. The molecule has 0 amide bonds. The van der Waals surface area contributed by atoms with Gasteiger partial charge in [0, 0.05) is 12.4 Å². The third-order valence-electron chi connectivity index (χ3n) is 6.88. The first-order valence-electron chi connectivity index (χ1n) is 13.7. The van der Waals surface area contributed by atoms with Crippen LogP contribution in [-0.4, -0.2) is 6.21 Å². The lowest BCUT2D eigenvalue weighted by Gasteiger charge is -2.14. The molecule has 0 fully saturated rings. The number of allylic oxidation sites excluding steroid dienone is 9. The van der Waals surface area contributed by atoms with E-state index in [1.54, 1.807) is 12.3 Å². The summed E-state index contributed by atoms with van der Waals surface area (Å²) in [4.78, 5) is 0. The summed E-state index contributed by atoms with van der Waals surface area (Å²) < 4.78 is 0. The normalized spacial score (nSPS) is 11.9. The molecule has 0 radical (unpaired) electrons. The molecule has 0 atom stereocenters. The molecule has 0 aromatic heterocycles. The summed E-state index contributed by atoms with van der Waals surface area (Å²) >= 11 is 0. The monoisotopic (exact) mass is 532 g/mol. The summed E-state index contributed by atoms with van der Waals surface area (Å²) in [5, 5.41) is 7.31. The second-order valence-corrected chi connectivity index (χ2v) is 9.74. The molecular formula is C39H36N2. The third-order valence-corrected chi connectivity index (χ3v) is 6.88. The van der Waals surface area contributed by atoms with E-state index in [4.69, 9.17) is 11.1 Å². The van der Waals surface area contributed by atoms with Crippen LogP contribution in [0.2, 0.25) is 0 Å². The number of hydrogen-bond acceptors (Lipinski definition) is 2. The number of hydrogen-bond donors (Lipinski definition) is 2. The van der Waals surface area contributed by atoms with E-state index in [0.717, 1.165) is 66.8 Å². The van der Waals surface area contributed by atoms with Gasteiger partial charge in [-0.3, -0.25) is 0 Å². The smallest absolute Gasteiger partial charge is 0.0177 e. The van der Waals surface area contributed by atoms with E-state index in [-0.39, 0.29) is 0 Å². The highest BCUT2D eigenvalue weighted by molar-refractivity contribution is 5.86. The highest BCUT2D eigenvalue weighted by Crippen LogP contribution is 2.35. The molecule has 2 heteroatoms. The summed E-state index contributed by atoms with van der Waals surface area (Å²) in [5.74, 6) is 0. The van der Waals surface area contributed by atoms with Gasteiger partial charge in [0.15, 0.2) is 0 Å². The molecule has 0 heterocycles. The summed E-state index contributed by atoms with van der Waals surface area (Å²) in [7, 11) is 0. The van der Waals surface area contributed by atoms with Crippen LogP contribution in [0, 0.1) is 5.41 Å². The van der Waals surface area contributed by atoms with Gasteiger partial charge >= 0.3 is 0 Å². The Morgan fingerprint density at radius 2 is 1.02 bits per heavy atom. The predicted molar refractivity (Wildman–Crippen MR) is 181 cm³/mol. The van der Waals surface area contributed by atoms with E-state index >= 15 is 0 Å². The molecule has 0 aliphatic rings. The van der Waals surface area contributed by atoms with Crippen molar-refractivity contribution in [2.45, 2.75) is 13.8 Å². The van der Waals surface area contributed by atoms with Gasteiger partial charge in [0.05, 0.1) is 0 Å². The minimum atomic E-state index is 0.861. The molecule has 4 rings (SSSR count). The molecule has 0 aliphatic carbocycles. The van der Waals surface area contributed by atoms with Crippen molar-refractivity contribution in [2.24, 2.45) is 5.73 Å². The lowest BCUT2D eigenvalue weighted by atomic mass is 9.90. The Bertz CT molecular complexity index is 1710. The van der Waals surface area contributed by atoms with Crippen LogP contribution < -0.4 is 5.73 Å². The van der Waals surface area contributed by atoms with Crippen LogP contribution in [0.1, 0.15) is 30.5 Å². The summed E-state index contributed by atoms with van der Waals surface area (Å²) in [6, 6.07) is 32.1. The van der Waals surface area contributed by atoms with Crippen LogP contribution in [0.15, 0.2) is 147 Å². The first-order chi connectivity index (χ1) is 20.0. The zero-order valence-corrected chi connectivity index (χ0v) is 23.8. The van der Waals surface area contributed by atoms with E-state index in [1.807, 2.05) is 50.3 Å². The van der Waals surface area contributed by atoms with Gasteiger partial charge in [-0.2, -0.15) is 0 Å². The Morgan fingerprint density at radius 1 is 0.585 bits per heavy atom. The lowest BCUT2D eigenvalue weighted by molar-refractivity contribution is 1.52. The maximum Gasteiger partial charge on any atom is 0.0177 e. The van der Waals surface area contributed by atoms with E-state index in [2.05, 4.69) is 98.1 Å². The Morgan fingerprint density at radius 3 is 1.46 bits per heavy atom. The van der Waals surface area contributed by atoms with Crippen LogP contribution in [0.3, 0.4) is 0 Å². The topological polar surface area (TPSA) is 49.9 Å². The Balaban J connectivity index is 1.91. The van der Waals surface area contributed by atoms with Gasteiger partial charge in [-0.25, -0.2) is 0 Å². The quantitative estimate of drug-likeness (QED) is 0.155. The zero-order chi connectivity index (χ0) is 29.2. The Hall–Kier alpha value is -5.21. The molecular weight excluding hydrogens is 496 g/mol. The first-order valence-corrected chi connectivity index (χ1v) is 13.7. The molecule has 0 saturated carbocycles. The molecule has 4 aromatic rings. The highest BCUT2D eigenvalue weighted by atomic mass is 14.5. The van der Waals surface area contributed by atoms with Crippen molar-refractivity contribution in [1.29, 1.82) is 5.41 Å². The Labute approximate surface area is 244 Å². The number of benzene rings is 4. The number of rotatable bonds is 10. The molecule has 2 nitrogen and oxygen atoms in total. The fourth-order valence-electron chi connectivity index (χ4n) is 4.79. The second-order valence-electron chi connectivity index (χ2n) is 9.74. The molecule has 4 aromatic carbocycles. The predicted octanol–water partition coefficient (Wildman–Crippen LogP) is 10.4. The van der Waals surface area contributed by atoms with Crippen molar-refractivity contribution in [3.63, 3.8) is 0 Å². The highest BCUT2D eigenvalue weighted by Gasteiger charge is 2.10. The molecule has 41 heavy (non-hydrogen) atoms. The second kappa shape index (κ2) is 13.7. The number of nitrogens with two attached hydrogens (primary N) is 1. The standard InChI is InChI=1S/C39H36N2/c1-5-11-28(3)30-14-7-17-33(21-30)37-24-38(34-18-8-15-31(22-34)29(4)13-10-20-40)26-39(25-37)35-19-9-16-32(23-35)36(27-41)12-6-2/h5-27,40H,3-4,41H2,1-2H3/b11-5-,12-6-,13-10-,36-27+,40-20?. The largest absolute Gasteiger partial charge is 0.404 e. The summed E-state index contributed by atoms with van der Waals surface area (Å²) in [5.41, 5.74) is 18.6. The van der Waals surface area contributed by atoms with Crippen LogP contribution in [0.5, 0.6) is 0 Å². The van der Waals surface area contributed by atoms with Crippen LogP contribution >= 0.6 is 0 Å². The number of nitrogens with one attached hydrogen (secondary N) is 1. The van der Waals surface area contributed by atoms with Crippen molar-refractivity contribution in [2.75, 3.05) is 0 Å². The van der Waals surface area contributed by atoms with Crippen LogP contribution in [-0.2, 0) is 0 Å². The first kappa shape index (κ1) is 28.8. The lowest BCUT2D eigenvalue weighted by Crippen LogP contribution is -1.90. The maximum absolute atomic E-state index is 7.31. The molecule has 0 saturated heterocycles. The van der Waals surface area contributed by atoms with Gasteiger partial charge in [0.25, 0.3) is 0 Å². The molecule has 3 N–H and O–H groups in total. The fraction of sp³-hybridized carbons (Fsp3) is 0.0513. The molecule has 0 unspecified atom stereocenters. The van der Waals surface area contributed by atoms with E-state index in [9.17, 15) is 0 Å². The van der Waals surface area contributed by atoms with Gasteiger partial charge in [0.2, 0.25) is 0 Å². The minimum Gasteiger partial charge on any atom is -0.404 e. The van der Waals surface area contributed by atoms with Crippen molar-refractivity contribution < 1.29 is 0 Å². The fourth-order valence-corrected chi connectivity index (χ4v) is 4.79. The van der Waals surface area contributed by atoms with Crippen molar-refractivity contribution in [3.05, 3.63) is 163 Å². The van der Waals surface area contributed by atoms with E-state index < -0.39 is 0 Å². The zero-order valence-electron chi connectivity index (χ0n) is 23.8. The molecule has 0 spiro atoms. The maximum atomic E-state index is 7.31. The molecule has 0 aliphatic heterocycles. The van der Waals surface area contributed by atoms with Gasteiger partial charge < -0.3 is 11.1 Å². The van der Waals surface area contributed by atoms with Gasteiger partial charge in [-0.1, -0.05) is 98.1 Å². The minimum absolute atomic E-state index is 0.861. The average molecular weight is 533 g/mol. The van der Waals surface area contributed by atoms with Crippen molar-refractivity contribution >= 4 is 22.9 Å². The van der Waals surface area contributed by atoms with Gasteiger partial charge in [-0.05, 0) is 123 Å².